The summed E-state index contributed by atoms with van der Waals surface area (Å²) >= 11 is 0. The van der Waals surface area contributed by atoms with Crippen molar-refractivity contribution in [3.8, 4) is 0 Å². The Kier molecular flexibility index (Phi) is 5.93. The molecule has 0 aliphatic rings. The van der Waals surface area contributed by atoms with Crippen LogP contribution in [0.15, 0.2) is 52.1 Å². The van der Waals surface area contributed by atoms with E-state index >= 15 is 0 Å². The molecule has 0 radical (unpaired) electrons. The van der Waals surface area contributed by atoms with Crippen molar-refractivity contribution in [2.75, 3.05) is 6.54 Å². The van der Waals surface area contributed by atoms with Gasteiger partial charge in [-0.2, -0.15) is 0 Å². The number of aryl methyl sites for hydroxylation is 1. The van der Waals surface area contributed by atoms with Crippen molar-refractivity contribution < 1.29 is 4.79 Å². The molecule has 2 aromatic heterocycles. The van der Waals surface area contributed by atoms with Crippen LogP contribution in [0.2, 0.25) is 0 Å². The SMILES string of the molecule is Cc1ccccc1Cn1nc2n(C(C)C)c(=O)c3ccc(C(=O)NCC(C)C)cc3n2c1=O. The molecule has 2 heterocycles. The number of carbonyl (C=O) groups is 1. The summed E-state index contributed by atoms with van der Waals surface area (Å²) in [5, 5.41) is 7.80. The van der Waals surface area contributed by atoms with E-state index in [-0.39, 0.29) is 35.5 Å². The number of rotatable bonds is 6. The second-order valence-electron chi connectivity index (χ2n) is 9.11. The van der Waals surface area contributed by atoms with Gasteiger partial charge in [-0.15, -0.1) is 5.10 Å². The lowest BCUT2D eigenvalue weighted by molar-refractivity contribution is 0.0949. The van der Waals surface area contributed by atoms with Gasteiger partial charge in [-0.3, -0.25) is 14.2 Å². The van der Waals surface area contributed by atoms with Crippen LogP contribution in [0.4, 0.5) is 0 Å². The van der Waals surface area contributed by atoms with E-state index in [0.29, 0.717) is 28.9 Å². The fourth-order valence-corrected chi connectivity index (χ4v) is 3.94. The number of aromatic nitrogens is 4. The minimum Gasteiger partial charge on any atom is -0.352 e. The molecule has 8 nitrogen and oxygen atoms in total. The predicted octanol–water partition coefficient (Wildman–Crippen LogP) is 3.13. The van der Waals surface area contributed by atoms with Crippen molar-refractivity contribution >= 4 is 22.6 Å². The van der Waals surface area contributed by atoms with Crippen LogP contribution < -0.4 is 16.6 Å². The summed E-state index contributed by atoms with van der Waals surface area (Å²) in [6, 6.07) is 12.4. The molecule has 0 atom stereocenters. The number of hydrogen-bond acceptors (Lipinski definition) is 4. The van der Waals surface area contributed by atoms with Crippen molar-refractivity contribution in [1.29, 1.82) is 0 Å². The average molecular weight is 448 g/mol. The highest BCUT2D eigenvalue weighted by atomic mass is 16.2. The maximum atomic E-state index is 13.5. The van der Waals surface area contributed by atoms with Crippen molar-refractivity contribution in [1.82, 2.24) is 24.1 Å². The molecule has 2 aromatic carbocycles. The van der Waals surface area contributed by atoms with Crippen molar-refractivity contribution in [2.45, 2.75) is 47.2 Å². The monoisotopic (exact) mass is 447 g/mol. The molecule has 1 N–H and O–H groups in total. The first-order chi connectivity index (χ1) is 15.7. The molecule has 0 unspecified atom stereocenters. The molecule has 0 fully saturated rings. The molecule has 0 aliphatic heterocycles. The van der Waals surface area contributed by atoms with Crippen LogP contribution in [-0.2, 0) is 6.54 Å². The van der Waals surface area contributed by atoms with Crippen LogP contribution in [0.1, 0.15) is 55.2 Å². The molecule has 1 amide bonds. The van der Waals surface area contributed by atoms with Crippen molar-refractivity contribution in [3.05, 3.63) is 80.0 Å². The zero-order valence-corrected chi connectivity index (χ0v) is 19.6. The van der Waals surface area contributed by atoms with E-state index in [1.165, 1.54) is 13.6 Å². The van der Waals surface area contributed by atoms with Crippen LogP contribution in [-0.4, -0.2) is 31.2 Å². The van der Waals surface area contributed by atoms with E-state index in [2.05, 4.69) is 10.4 Å². The van der Waals surface area contributed by atoms with Gasteiger partial charge in [-0.25, -0.2) is 13.9 Å². The molecule has 0 aliphatic carbocycles. The minimum atomic E-state index is -0.354. The molecule has 0 spiro atoms. The minimum absolute atomic E-state index is 0.202. The number of hydrogen-bond donors (Lipinski definition) is 1. The highest BCUT2D eigenvalue weighted by molar-refractivity contribution is 5.98. The van der Waals surface area contributed by atoms with Gasteiger partial charge in [0.15, 0.2) is 0 Å². The fraction of sp³-hybridized carbons (Fsp3) is 0.360. The Labute approximate surface area is 191 Å². The van der Waals surface area contributed by atoms with Crippen LogP contribution in [0.25, 0.3) is 16.7 Å². The third-order valence-electron chi connectivity index (χ3n) is 5.76. The molecule has 33 heavy (non-hydrogen) atoms. The fourth-order valence-electron chi connectivity index (χ4n) is 3.94. The Morgan fingerprint density at radius 2 is 1.79 bits per heavy atom. The summed E-state index contributed by atoms with van der Waals surface area (Å²) in [4.78, 5) is 39.5. The summed E-state index contributed by atoms with van der Waals surface area (Å²) < 4.78 is 4.34. The zero-order valence-electron chi connectivity index (χ0n) is 19.6. The van der Waals surface area contributed by atoms with E-state index in [0.717, 1.165) is 11.1 Å². The molecule has 4 aromatic rings. The van der Waals surface area contributed by atoms with E-state index in [1.807, 2.05) is 58.9 Å². The molecular weight excluding hydrogens is 418 g/mol. The largest absolute Gasteiger partial charge is 0.352 e. The number of carbonyl (C=O) groups excluding carboxylic acids is 1. The second kappa shape index (κ2) is 8.69. The van der Waals surface area contributed by atoms with Gasteiger partial charge < -0.3 is 5.32 Å². The van der Waals surface area contributed by atoms with Gasteiger partial charge in [0.25, 0.3) is 11.5 Å². The number of nitrogens with zero attached hydrogens (tertiary/aromatic N) is 4. The standard InChI is InChI=1S/C25H29N5O3/c1-15(2)13-26-22(31)18-10-11-20-21(12-18)30-24(29(16(3)4)23(20)32)27-28(25(30)33)14-19-9-7-6-8-17(19)5/h6-12,15-16H,13-14H2,1-5H3,(H,26,31). The van der Waals surface area contributed by atoms with E-state index in [1.54, 1.807) is 18.2 Å². The molecule has 4 rings (SSSR count). The normalized spacial score (nSPS) is 11.7. The Morgan fingerprint density at radius 1 is 1.06 bits per heavy atom. The first-order valence-electron chi connectivity index (χ1n) is 11.2. The quantitative estimate of drug-likeness (QED) is 0.492. The van der Waals surface area contributed by atoms with Crippen molar-refractivity contribution in [3.63, 3.8) is 0 Å². The Balaban J connectivity index is 1.96. The van der Waals surface area contributed by atoms with E-state index < -0.39 is 0 Å². The van der Waals surface area contributed by atoms with Crippen LogP contribution in [0, 0.1) is 12.8 Å². The summed E-state index contributed by atoms with van der Waals surface area (Å²) in [7, 11) is 0. The molecular formula is C25H29N5O3. The number of amides is 1. The summed E-state index contributed by atoms with van der Waals surface area (Å²) in [6.45, 7) is 10.6. The van der Waals surface area contributed by atoms with Gasteiger partial charge in [0, 0.05) is 18.2 Å². The van der Waals surface area contributed by atoms with Crippen LogP contribution in [0.3, 0.4) is 0 Å². The third-order valence-corrected chi connectivity index (χ3v) is 5.76. The maximum Gasteiger partial charge on any atom is 0.352 e. The van der Waals surface area contributed by atoms with Crippen LogP contribution in [0.5, 0.6) is 0 Å². The smallest absolute Gasteiger partial charge is 0.352 e. The molecule has 8 heteroatoms. The maximum absolute atomic E-state index is 13.5. The predicted molar refractivity (Wildman–Crippen MR) is 129 cm³/mol. The lowest BCUT2D eigenvalue weighted by Crippen LogP contribution is -2.29. The summed E-state index contributed by atoms with van der Waals surface area (Å²) in [5.41, 5.74) is 2.20. The van der Waals surface area contributed by atoms with Crippen LogP contribution >= 0.6 is 0 Å². The highest BCUT2D eigenvalue weighted by Gasteiger charge is 2.20. The third kappa shape index (κ3) is 4.08. The van der Waals surface area contributed by atoms with E-state index in [9.17, 15) is 14.4 Å². The second-order valence-corrected chi connectivity index (χ2v) is 9.11. The number of benzene rings is 2. The Morgan fingerprint density at radius 3 is 2.45 bits per heavy atom. The number of fused-ring (bicyclic) bond motifs is 3. The van der Waals surface area contributed by atoms with Gasteiger partial charge >= 0.3 is 5.69 Å². The van der Waals surface area contributed by atoms with Gasteiger partial charge in [-0.05, 0) is 56.0 Å². The molecule has 172 valence electrons. The topological polar surface area (TPSA) is 90.4 Å². The number of nitrogens with one attached hydrogen (secondary N) is 1. The molecule has 0 saturated carbocycles. The first-order valence-corrected chi connectivity index (χ1v) is 11.2. The highest BCUT2D eigenvalue weighted by Crippen LogP contribution is 2.17. The van der Waals surface area contributed by atoms with Gasteiger partial charge in [-0.1, -0.05) is 38.1 Å². The lowest BCUT2D eigenvalue weighted by Gasteiger charge is -2.13. The van der Waals surface area contributed by atoms with Gasteiger partial charge in [0.05, 0.1) is 17.4 Å². The Hall–Kier alpha value is -3.68. The van der Waals surface area contributed by atoms with Gasteiger partial charge in [0.2, 0.25) is 5.78 Å². The first kappa shape index (κ1) is 22.5. The molecule has 0 saturated heterocycles. The van der Waals surface area contributed by atoms with Crippen molar-refractivity contribution in [2.24, 2.45) is 5.92 Å². The summed E-state index contributed by atoms with van der Waals surface area (Å²) in [5.74, 6) is 0.328. The Bertz CT molecular complexity index is 1470. The van der Waals surface area contributed by atoms with Gasteiger partial charge in [0.1, 0.15) is 0 Å². The average Bonchev–Trinajstić information content (AvgIpc) is 3.08. The van der Waals surface area contributed by atoms with E-state index in [4.69, 9.17) is 0 Å². The lowest BCUT2D eigenvalue weighted by atomic mass is 10.1. The zero-order chi connectivity index (χ0) is 23.9. The summed E-state index contributed by atoms with van der Waals surface area (Å²) in [6.07, 6.45) is 0. The molecule has 0 bridgehead atoms.